The summed E-state index contributed by atoms with van der Waals surface area (Å²) in [6, 6.07) is 9.41. The number of aliphatic hydroxyl groups excluding tert-OH is 1. The molecule has 0 unspecified atom stereocenters. The molecule has 0 saturated carbocycles. The minimum absolute atomic E-state index is 0.101. The number of amides is 1. The van der Waals surface area contributed by atoms with E-state index in [1.165, 1.54) is 10.6 Å². The van der Waals surface area contributed by atoms with Gasteiger partial charge in [-0.1, -0.05) is 44.2 Å². The van der Waals surface area contributed by atoms with Crippen LogP contribution < -0.4 is 10.6 Å². The summed E-state index contributed by atoms with van der Waals surface area (Å²) in [7, 11) is 0. The highest BCUT2D eigenvalue weighted by atomic mass is 35.5. The van der Waals surface area contributed by atoms with Crippen molar-refractivity contribution in [1.82, 2.24) is 24.4 Å². The number of carbonyl (C=O) groups is 1. The van der Waals surface area contributed by atoms with Crippen LogP contribution in [0.25, 0.3) is 28.0 Å². The highest BCUT2D eigenvalue weighted by molar-refractivity contribution is 6.33. The Morgan fingerprint density at radius 2 is 1.85 bits per heavy atom. The minimum atomic E-state index is -0.633. The summed E-state index contributed by atoms with van der Waals surface area (Å²) in [4.78, 5) is 43.7. The van der Waals surface area contributed by atoms with E-state index < -0.39 is 11.5 Å². The SMILES string of the molecule is C=C(C)C(=O)N1CCN(c2nc(=O)n(-c3c(CO)ccnc3C(C)C)c3nc(-c4ccccc4F)c(Cl)cc23)CC1. The van der Waals surface area contributed by atoms with Crippen LogP contribution in [-0.2, 0) is 11.4 Å². The van der Waals surface area contributed by atoms with Crippen molar-refractivity contribution in [1.29, 1.82) is 0 Å². The number of halogens is 2. The van der Waals surface area contributed by atoms with Crippen molar-refractivity contribution in [3.8, 4) is 16.9 Å². The van der Waals surface area contributed by atoms with Crippen molar-refractivity contribution < 1.29 is 14.3 Å². The number of carbonyl (C=O) groups excluding carboxylic acids is 1. The van der Waals surface area contributed by atoms with Crippen LogP contribution in [0.2, 0.25) is 5.02 Å². The van der Waals surface area contributed by atoms with E-state index in [9.17, 15) is 19.1 Å². The van der Waals surface area contributed by atoms with Crippen molar-refractivity contribution in [2.75, 3.05) is 31.1 Å². The third kappa shape index (κ3) is 5.20. The van der Waals surface area contributed by atoms with Crippen LogP contribution >= 0.6 is 11.6 Å². The lowest BCUT2D eigenvalue weighted by Gasteiger charge is -2.36. The number of hydrogen-bond donors (Lipinski definition) is 1. The van der Waals surface area contributed by atoms with Gasteiger partial charge < -0.3 is 14.9 Å². The molecular weight excluding hydrogens is 547 g/mol. The lowest BCUT2D eigenvalue weighted by Crippen LogP contribution is -2.49. The van der Waals surface area contributed by atoms with Gasteiger partial charge in [0.05, 0.1) is 34.1 Å². The summed E-state index contributed by atoms with van der Waals surface area (Å²) < 4.78 is 16.2. The van der Waals surface area contributed by atoms with Gasteiger partial charge in [-0.25, -0.2) is 18.7 Å². The number of hydrogen-bond acceptors (Lipinski definition) is 7. The quantitative estimate of drug-likeness (QED) is 0.338. The average molecular weight is 577 g/mol. The Bertz CT molecular complexity index is 1730. The van der Waals surface area contributed by atoms with Gasteiger partial charge in [-0.05, 0) is 37.1 Å². The number of benzene rings is 1. The smallest absolute Gasteiger partial charge is 0.355 e. The van der Waals surface area contributed by atoms with Gasteiger partial charge >= 0.3 is 5.69 Å². The molecule has 9 nitrogen and oxygen atoms in total. The molecule has 1 aliphatic rings. The van der Waals surface area contributed by atoms with E-state index in [0.717, 1.165) is 0 Å². The molecule has 1 N–H and O–H groups in total. The summed E-state index contributed by atoms with van der Waals surface area (Å²) in [5.74, 6) is -0.372. The number of rotatable bonds is 6. The van der Waals surface area contributed by atoms with Crippen LogP contribution in [0.4, 0.5) is 10.2 Å². The number of aliphatic hydroxyl groups is 1. The molecule has 41 heavy (non-hydrogen) atoms. The molecule has 0 spiro atoms. The Morgan fingerprint density at radius 1 is 1.15 bits per heavy atom. The van der Waals surface area contributed by atoms with E-state index in [1.54, 1.807) is 48.4 Å². The Hall–Kier alpha value is -4.15. The first-order chi connectivity index (χ1) is 19.6. The normalized spacial score (nSPS) is 13.7. The third-order valence-corrected chi connectivity index (χ3v) is 7.43. The fourth-order valence-corrected chi connectivity index (χ4v) is 5.36. The second-order valence-corrected chi connectivity index (χ2v) is 10.7. The number of aromatic nitrogens is 4. The molecule has 1 aromatic carbocycles. The van der Waals surface area contributed by atoms with Gasteiger partial charge in [0.15, 0.2) is 5.65 Å². The Balaban J connectivity index is 1.78. The second kappa shape index (κ2) is 11.4. The molecule has 3 aromatic heterocycles. The molecule has 4 aromatic rings. The number of anilines is 1. The Kier molecular flexibility index (Phi) is 7.88. The van der Waals surface area contributed by atoms with Crippen LogP contribution in [0.1, 0.15) is 37.9 Å². The van der Waals surface area contributed by atoms with E-state index >= 15 is 0 Å². The molecule has 1 aliphatic heterocycles. The zero-order valence-electron chi connectivity index (χ0n) is 23.1. The second-order valence-electron chi connectivity index (χ2n) is 10.3. The highest BCUT2D eigenvalue weighted by Crippen LogP contribution is 2.35. The molecule has 0 bridgehead atoms. The van der Waals surface area contributed by atoms with Gasteiger partial charge in [0.2, 0.25) is 5.91 Å². The summed E-state index contributed by atoms with van der Waals surface area (Å²) in [6.07, 6.45) is 1.58. The maximum atomic E-state index is 14.9. The number of pyridine rings is 2. The summed E-state index contributed by atoms with van der Waals surface area (Å²) in [5.41, 5.74) is 1.80. The van der Waals surface area contributed by atoms with Gasteiger partial charge in [-0.3, -0.25) is 9.78 Å². The monoisotopic (exact) mass is 576 g/mol. The first-order valence-electron chi connectivity index (χ1n) is 13.3. The topological polar surface area (TPSA) is 104 Å². The average Bonchev–Trinajstić information content (AvgIpc) is 2.96. The minimum Gasteiger partial charge on any atom is -0.392 e. The molecule has 1 amide bonds. The van der Waals surface area contributed by atoms with Crippen LogP contribution in [0.15, 0.2) is 59.5 Å². The number of fused-ring (bicyclic) bond motifs is 1. The highest BCUT2D eigenvalue weighted by Gasteiger charge is 2.28. The number of nitrogens with zero attached hydrogens (tertiary/aromatic N) is 6. The lowest BCUT2D eigenvalue weighted by molar-refractivity contribution is -0.127. The molecule has 0 atom stereocenters. The molecule has 0 radical (unpaired) electrons. The van der Waals surface area contributed by atoms with Gasteiger partial charge in [-0.15, -0.1) is 0 Å². The largest absolute Gasteiger partial charge is 0.392 e. The molecule has 5 rings (SSSR count). The van der Waals surface area contributed by atoms with E-state index in [4.69, 9.17) is 16.6 Å². The summed E-state index contributed by atoms with van der Waals surface area (Å²) >= 11 is 6.72. The molecular formula is C30H30ClFN6O3. The van der Waals surface area contributed by atoms with Crippen LogP contribution in [0.3, 0.4) is 0 Å². The van der Waals surface area contributed by atoms with Gasteiger partial charge in [0, 0.05) is 49.1 Å². The fourth-order valence-electron chi connectivity index (χ4n) is 5.10. The molecule has 4 heterocycles. The van der Waals surface area contributed by atoms with Gasteiger partial charge in [0.25, 0.3) is 0 Å². The Labute approximate surface area is 241 Å². The predicted molar refractivity (Wildman–Crippen MR) is 157 cm³/mol. The molecule has 1 fully saturated rings. The third-order valence-electron chi connectivity index (χ3n) is 7.14. The molecule has 212 valence electrons. The number of piperazine rings is 1. The fraction of sp³-hybridized carbons (Fsp3) is 0.300. The van der Waals surface area contributed by atoms with Gasteiger partial charge in [0.1, 0.15) is 11.6 Å². The van der Waals surface area contributed by atoms with Crippen LogP contribution in [-0.4, -0.2) is 61.6 Å². The van der Waals surface area contributed by atoms with Crippen LogP contribution in [0.5, 0.6) is 0 Å². The predicted octanol–water partition coefficient (Wildman–Crippen LogP) is 4.48. The van der Waals surface area contributed by atoms with Gasteiger partial charge in [-0.2, -0.15) is 4.98 Å². The molecule has 11 heteroatoms. The van der Waals surface area contributed by atoms with E-state index in [-0.39, 0.29) is 40.4 Å². The van der Waals surface area contributed by atoms with Crippen molar-refractivity contribution in [2.45, 2.75) is 33.3 Å². The van der Waals surface area contributed by atoms with E-state index in [2.05, 4.69) is 16.5 Å². The maximum Gasteiger partial charge on any atom is 0.355 e. The van der Waals surface area contributed by atoms with Crippen molar-refractivity contribution >= 4 is 34.4 Å². The zero-order chi connectivity index (χ0) is 29.4. The van der Waals surface area contributed by atoms with Crippen molar-refractivity contribution in [2.24, 2.45) is 0 Å². The zero-order valence-corrected chi connectivity index (χ0v) is 23.8. The van der Waals surface area contributed by atoms with Crippen molar-refractivity contribution in [3.05, 3.63) is 87.3 Å². The van der Waals surface area contributed by atoms with Crippen molar-refractivity contribution in [3.63, 3.8) is 0 Å². The summed E-state index contributed by atoms with van der Waals surface area (Å²) in [6.45, 7) is 10.6. The Morgan fingerprint density at radius 3 is 2.49 bits per heavy atom. The first kappa shape index (κ1) is 28.4. The first-order valence-corrected chi connectivity index (χ1v) is 13.7. The maximum absolute atomic E-state index is 14.9. The van der Waals surface area contributed by atoms with E-state index in [0.29, 0.717) is 59.9 Å². The lowest BCUT2D eigenvalue weighted by atomic mass is 10.0. The molecule has 0 aliphatic carbocycles. The van der Waals surface area contributed by atoms with Crippen LogP contribution in [0, 0.1) is 5.82 Å². The summed E-state index contributed by atoms with van der Waals surface area (Å²) in [5, 5.41) is 10.9. The molecule has 1 saturated heterocycles. The standard InChI is InChI=1S/C30H30ClFN6O3/c1-17(2)24-26(19(16-39)9-10-33-24)38-28-21(15-22(31)25(34-28)20-7-5-6-8-23(20)32)27(35-30(38)41)36-11-13-37(14-12-36)29(40)18(3)4/h5-10,15,17,39H,3,11-14,16H2,1-2,4H3. The van der Waals surface area contributed by atoms with E-state index in [1.807, 2.05) is 18.7 Å².